The number of hydrogen-bond donors (Lipinski definition) is 2. The average molecular weight is 211 g/mol. The fourth-order valence-corrected chi connectivity index (χ4v) is 1.19. The van der Waals surface area contributed by atoms with Gasteiger partial charge in [0.1, 0.15) is 11.6 Å². The Morgan fingerprint density at radius 2 is 1.80 bits per heavy atom. The normalized spacial score (nSPS) is 13.0. The lowest BCUT2D eigenvalue weighted by Gasteiger charge is -2.06. The Morgan fingerprint density at radius 1 is 1.27 bits per heavy atom. The molecule has 3 nitrogen and oxygen atoms in total. The minimum absolute atomic E-state index is 0.169. The molecule has 15 heavy (non-hydrogen) atoms. The van der Waals surface area contributed by atoms with Crippen molar-refractivity contribution in [1.29, 1.82) is 0 Å². The summed E-state index contributed by atoms with van der Waals surface area (Å²) < 4.78 is 25.8. The number of allylic oxidation sites excluding steroid dienone is 1. The standard InChI is InChI=1S/C10H11F2N3/c1-15-10(9(14)5-13)6-2-7(11)4-8(12)3-6/h2-5H,13-14H2,1H3. The lowest BCUT2D eigenvalue weighted by atomic mass is 10.1. The van der Waals surface area contributed by atoms with Crippen LogP contribution in [0.2, 0.25) is 0 Å². The van der Waals surface area contributed by atoms with Crippen LogP contribution in [-0.4, -0.2) is 12.8 Å². The van der Waals surface area contributed by atoms with Crippen LogP contribution < -0.4 is 11.5 Å². The van der Waals surface area contributed by atoms with Crippen LogP contribution in [0.1, 0.15) is 5.56 Å². The van der Waals surface area contributed by atoms with E-state index in [1.807, 2.05) is 0 Å². The van der Waals surface area contributed by atoms with Crippen LogP contribution in [-0.2, 0) is 0 Å². The monoisotopic (exact) mass is 211 g/mol. The van der Waals surface area contributed by atoms with Gasteiger partial charge in [-0.25, -0.2) is 8.78 Å². The van der Waals surface area contributed by atoms with E-state index in [2.05, 4.69) is 4.99 Å². The van der Waals surface area contributed by atoms with Crippen LogP contribution in [0.15, 0.2) is 35.1 Å². The van der Waals surface area contributed by atoms with E-state index in [0.717, 1.165) is 24.4 Å². The SMILES string of the molecule is CN=C(C(N)=CN)c1cc(F)cc(F)c1. The minimum Gasteiger partial charge on any atom is -0.403 e. The van der Waals surface area contributed by atoms with Gasteiger partial charge in [0.05, 0.1) is 11.4 Å². The summed E-state index contributed by atoms with van der Waals surface area (Å²) in [5.74, 6) is -1.37. The van der Waals surface area contributed by atoms with E-state index in [0.29, 0.717) is 0 Å². The van der Waals surface area contributed by atoms with Gasteiger partial charge in [0.25, 0.3) is 0 Å². The quantitative estimate of drug-likeness (QED) is 0.720. The van der Waals surface area contributed by atoms with Gasteiger partial charge < -0.3 is 11.5 Å². The maximum Gasteiger partial charge on any atom is 0.126 e. The Labute approximate surface area is 86.1 Å². The molecular formula is C10H11F2N3. The summed E-state index contributed by atoms with van der Waals surface area (Å²) in [6.07, 6.45) is 1.13. The first-order chi connectivity index (χ1) is 7.08. The van der Waals surface area contributed by atoms with E-state index in [1.54, 1.807) is 0 Å². The number of aliphatic imine (C=N–C) groups is 1. The lowest BCUT2D eigenvalue weighted by molar-refractivity contribution is 0.583. The molecule has 4 N–H and O–H groups in total. The van der Waals surface area contributed by atoms with Crippen molar-refractivity contribution >= 4 is 5.71 Å². The predicted octanol–water partition coefficient (Wildman–Crippen LogP) is 1.14. The molecule has 1 aromatic carbocycles. The van der Waals surface area contributed by atoms with Gasteiger partial charge in [-0.2, -0.15) is 0 Å². The van der Waals surface area contributed by atoms with Crippen molar-refractivity contribution in [1.82, 2.24) is 0 Å². The van der Waals surface area contributed by atoms with Crippen molar-refractivity contribution in [3.63, 3.8) is 0 Å². The van der Waals surface area contributed by atoms with Crippen molar-refractivity contribution in [2.24, 2.45) is 16.5 Å². The van der Waals surface area contributed by atoms with Crippen molar-refractivity contribution in [3.05, 3.63) is 47.3 Å². The number of nitrogens with zero attached hydrogens (tertiary/aromatic N) is 1. The third-order valence-corrected chi connectivity index (χ3v) is 1.81. The summed E-state index contributed by atoms with van der Waals surface area (Å²) in [7, 11) is 1.47. The molecule has 0 heterocycles. The van der Waals surface area contributed by atoms with E-state index in [1.165, 1.54) is 7.05 Å². The van der Waals surface area contributed by atoms with Gasteiger partial charge in [0, 0.05) is 24.9 Å². The molecule has 0 atom stereocenters. The zero-order valence-electron chi connectivity index (χ0n) is 8.17. The molecule has 0 aliphatic rings. The molecule has 0 saturated carbocycles. The molecule has 0 aliphatic carbocycles. The van der Waals surface area contributed by atoms with Gasteiger partial charge in [-0.15, -0.1) is 0 Å². The number of benzene rings is 1. The summed E-state index contributed by atoms with van der Waals surface area (Å²) in [6.45, 7) is 0. The highest BCUT2D eigenvalue weighted by Crippen LogP contribution is 2.11. The predicted molar refractivity (Wildman–Crippen MR) is 55.3 cm³/mol. The molecule has 5 heteroatoms. The lowest BCUT2D eigenvalue weighted by Crippen LogP contribution is -2.15. The molecule has 0 amide bonds. The van der Waals surface area contributed by atoms with Crippen LogP contribution in [0.3, 0.4) is 0 Å². The van der Waals surface area contributed by atoms with Crippen LogP contribution in [0.4, 0.5) is 8.78 Å². The maximum atomic E-state index is 12.9. The smallest absolute Gasteiger partial charge is 0.126 e. The molecule has 0 radical (unpaired) electrons. The minimum atomic E-state index is -0.684. The van der Waals surface area contributed by atoms with Crippen molar-refractivity contribution in [3.8, 4) is 0 Å². The van der Waals surface area contributed by atoms with Crippen LogP contribution in [0, 0.1) is 11.6 Å². The average Bonchev–Trinajstić information content (AvgIpc) is 2.17. The molecule has 0 aromatic heterocycles. The fraction of sp³-hybridized carbons (Fsp3) is 0.100. The molecule has 80 valence electrons. The zero-order valence-corrected chi connectivity index (χ0v) is 8.17. The highest BCUT2D eigenvalue weighted by atomic mass is 19.1. The van der Waals surface area contributed by atoms with Gasteiger partial charge in [0.2, 0.25) is 0 Å². The van der Waals surface area contributed by atoms with E-state index >= 15 is 0 Å². The summed E-state index contributed by atoms with van der Waals surface area (Å²) >= 11 is 0. The van der Waals surface area contributed by atoms with Crippen molar-refractivity contribution in [2.75, 3.05) is 7.05 Å². The van der Waals surface area contributed by atoms with E-state index in [4.69, 9.17) is 11.5 Å². The third kappa shape index (κ3) is 2.52. The first-order valence-electron chi connectivity index (χ1n) is 4.19. The largest absolute Gasteiger partial charge is 0.403 e. The van der Waals surface area contributed by atoms with Gasteiger partial charge in [-0.05, 0) is 12.1 Å². The molecule has 0 aliphatic heterocycles. The van der Waals surface area contributed by atoms with Gasteiger partial charge >= 0.3 is 0 Å². The summed E-state index contributed by atoms with van der Waals surface area (Å²) in [5, 5.41) is 0. The van der Waals surface area contributed by atoms with Gasteiger partial charge in [0.15, 0.2) is 0 Å². The first-order valence-corrected chi connectivity index (χ1v) is 4.19. The van der Waals surface area contributed by atoms with Gasteiger partial charge in [-0.1, -0.05) is 0 Å². The fourth-order valence-electron chi connectivity index (χ4n) is 1.19. The number of nitrogens with two attached hydrogens (primary N) is 2. The molecule has 0 saturated heterocycles. The topological polar surface area (TPSA) is 64.4 Å². The Hall–Kier alpha value is -1.91. The molecule has 0 spiro atoms. The van der Waals surface area contributed by atoms with Crippen LogP contribution in [0.5, 0.6) is 0 Å². The first kappa shape index (κ1) is 11.2. The Balaban J connectivity index is 3.25. The van der Waals surface area contributed by atoms with Crippen LogP contribution >= 0.6 is 0 Å². The van der Waals surface area contributed by atoms with Crippen molar-refractivity contribution in [2.45, 2.75) is 0 Å². The molecular weight excluding hydrogens is 200 g/mol. The zero-order chi connectivity index (χ0) is 11.4. The molecule has 1 aromatic rings. The second kappa shape index (κ2) is 4.54. The highest BCUT2D eigenvalue weighted by molar-refractivity contribution is 6.11. The summed E-state index contributed by atoms with van der Waals surface area (Å²) in [5.41, 5.74) is 11.4. The Kier molecular flexibility index (Phi) is 3.38. The summed E-state index contributed by atoms with van der Waals surface area (Å²) in [4.78, 5) is 3.82. The number of halogens is 2. The van der Waals surface area contributed by atoms with Crippen molar-refractivity contribution < 1.29 is 8.78 Å². The van der Waals surface area contributed by atoms with E-state index < -0.39 is 11.6 Å². The van der Waals surface area contributed by atoms with E-state index in [-0.39, 0.29) is 17.0 Å². The van der Waals surface area contributed by atoms with Crippen LogP contribution in [0.25, 0.3) is 0 Å². The van der Waals surface area contributed by atoms with E-state index in [9.17, 15) is 8.78 Å². The molecule has 0 fully saturated rings. The highest BCUT2D eigenvalue weighted by Gasteiger charge is 2.08. The third-order valence-electron chi connectivity index (χ3n) is 1.81. The number of rotatable bonds is 2. The summed E-state index contributed by atoms with van der Waals surface area (Å²) in [6, 6.07) is 3.06. The van der Waals surface area contributed by atoms with Gasteiger partial charge in [-0.3, -0.25) is 4.99 Å². The number of hydrogen-bond acceptors (Lipinski definition) is 3. The Morgan fingerprint density at radius 3 is 2.20 bits per heavy atom. The second-order valence-electron chi connectivity index (χ2n) is 2.85. The molecule has 1 rings (SSSR count). The Bertz CT molecular complexity index is 404. The second-order valence-corrected chi connectivity index (χ2v) is 2.85. The molecule has 0 bridgehead atoms. The maximum absolute atomic E-state index is 12.9. The molecule has 0 unspecified atom stereocenters.